The summed E-state index contributed by atoms with van der Waals surface area (Å²) in [6.45, 7) is 0. The maximum absolute atomic E-state index is 8.66. The molecule has 0 radical (unpaired) electrons. The maximum Gasteiger partial charge on any atom is 2.00 e. The van der Waals surface area contributed by atoms with Crippen molar-refractivity contribution in [2.45, 2.75) is 0 Å². The van der Waals surface area contributed by atoms with Crippen LogP contribution in [0.25, 0.3) is 0 Å². The summed E-state index contributed by atoms with van der Waals surface area (Å²) in [5, 5.41) is 0. The molecule has 0 aliphatic carbocycles. The topological polar surface area (TPSA) is 124 Å². The molecule has 0 saturated carbocycles. The van der Waals surface area contributed by atoms with Gasteiger partial charge in [0.25, 0.3) is 0 Å². The van der Waals surface area contributed by atoms with Crippen LogP contribution in [0.4, 0.5) is 0 Å². The van der Waals surface area contributed by atoms with E-state index in [-0.39, 0.29) is 19.5 Å². The van der Waals surface area contributed by atoms with E-state index in [1.165, 1.54) is 0 Å². The molecule has 0 unspecified atom stereocenters. The summed E-state index contributed by atoms with van der Waals surface area (Å²) < 4.78 is 8.66. The fourth-order valence-corrected chi connectivity index (χ4v) is 0. The third-order valence-corrected chi connectivity index (χ3v) is 0. The van der Waals surface area contributed by atoms with Crippen molar-refractivity contribution in [3.63, 3.8) is 0 Å². The standard InChI is InChI=1S/H3O4P.H3O2PS2.Zn/c1-5(2,3)4;1-3(2,4)5;/h(H3,1,2,3,4);(H3,1,2,4,5);/q;;+2/p-2. The van der Waals surface area contributed by atoms with Crippen LogP contribution in [0.5, 0.6) is 0 Å². The molecule has 0 aromatic carbocycles. The zero-order valence-electron chi connectivity index (χ0n) is 5.02. The Kier molecular flexibility index (Phi) is 11.9. The van der Waals surface area contributed by atoms with Gasteiger partial charge in [0.05, 0.1) is 7.82 Å². The molecule has 0 fully saturated rings. The van der Waals surface area contributed by atoms with E-state index in [4.69, 9.17) is 29.0 Å². The van der Waals surface area contributed by atoms with E-state index in [0.717, 1.165) is 0 Å². The van der Waals surface area contributed by atoms with Gasteiger partial charge in [-0.05, 0) is 11.8 Å². The van der Waals surface area contributed by atoms with Gasteiger partial charge in [-0.1, -0.05) is 12.2 Å². The monoisotopic (exact) mass is 290 g/mol. The number of rotatable bonds is 0. The van der Waals surface area contributed by atoms with Crippen LogP contribution in [0.2, 0.25) is 0 Å². The summed E-state index contributed by atoms with van der Waals surface area (Å²) in [7, 11) is -5.14. The molecule has 0 rings (SSSR count). The summed E-state index contributed by atoms with van der Waals surface area (Å²) in [6, 6.07) is 0. The number of hydrogen-bond donors (Lipinski definition) is 4. The van der Waals surface area contributed by atoms with Crippen LogP contribution in [-0.4, -0.2) is 14.7 Å². The second kappa shape index (κ2) is 7.09. The fraction of sp³-hybridized carbons (Fsp3) is 0. The Balaban J connectivity index is -0.000000107. The quantitative estimate of drug-likeness (QED) is 0.230. The predicted octanol–water partition coefficient (Wildman–Crippen LogP) is -2.07. The molecule has 11 heteroatoms. The third kappa shape index (κ3) is 397. The molecule has 0 bridgehead atoms. The van der Waals surface area contributed by atoms with E-state index in [9.17, 15) is 0 Å². The van der Waals surface area contributed by atoms with Crippen LogP contribution in [0, 0.1) is 0 Å². The number of thiol groups is 1. The molecule has 3 N–H and O–H groups in total. The van der Waals surface area contributed by atoms with Crippen LogP contribution in [0.15, 0.2) is 0 Å². The van der Waals surface area contributed by atoms with Gasteiger partial charge in [0.2, 0.25) is 5.69 Å². The smallest absolute Gasteiger partial charge is 0.790 e. The van der Waals surface area contributed by atoms with Gasteiger partial charge >= 0.3 is 19.5 Å². The van der Waals surface area contributed by atoms with Crippen molar-refractivity contribution in [2.24, 2.45) is 0 Å². The Morgan fingerprint density at radius 1 is 1.27 bits per heavy atom. The zero-order valence-corrected chi connectivity index (χ0v) is 11.5. The second-order valence-electron chi connectivity index (χ2n) is 0.982. The first-order valence-corrected chi connectivity index (χ1v) is 6.89. The van der Waals surface area contributed by atoms with Crippen LogP contribution in [0.3, 0.4) is 0 Å². The third-order valence-electron chi connectivity index (χ3n) is 0. The molecule has 11 heavy (non-hydrogen) atoms. The number of phosphoric acid groups is 1. The predicted molar refractivity (Wildman–Crippen MR) is 37.5 cm³/mol. The van der Waals surface area contributed by atoms with E-state index in [0.29, 0.717) is 0 Å². The zero-order chi connectivity index (χ0) is 9.00. The minimum atomic E-state index is -5.14. The van der Waals surface area contributed by atoms with E-state index in [1.54, 1.807) is 0 Å². The molecule has 64 valence electrons. The van der Waals surface area contributed by atoms with E-state index in [2.05, 4.69) is 24.1 Å². The summed E-state index contributed by atoms with van der Waals surface area (Å²) in [5.41, 5.74) is -3.11. The van der Waals surface area contributed by atoms with Gasteiger partial charge in [-0.25, -0.2) is 0 Å². The van der Waals surface area contributed by atoms with Crippen molar-refractivity contribution in [3.8, 4) is 0 Å². The van der Waals surface area contributed by atoms with Gasteiger partial charge in [0, 0.05) is 0 Å². The Bertz CT molecular complexity index is 131. The molecule has 0 amide bonds. The van der Waals surface area contributed by atoms with Gasteiger partial charge in [0.15, 0.2) is 0 Å². The minimum Gasteiger partial charge on any atom is -0.790 e. The van der Waals surface area contributed by atoms with Gasteiger partial charge < -0.3 is 29.0 Å². The van der Waals surface area contributed by atoms with E-state index < -0.39 is 13.5 Å². The van der Waals surface area contributed by atoms with Gasteiger partial charge in [-0.15, -0.1) is 0 Å². The molecule has 0 saturated heterocycles. The normalized spacial score (nSPS) is 10.7. The molecule has 0 aliphatic heterocycles. The largest absolute Gasteiger partial charge is 2.00 e. The molecule has 0 spiro atoms. The van der Waals surface area contributed by atoms with Crippen molar-refractivity contribution in [1.82, 2.24) is 0 Å². The van der Waals surface area contributed by atoms with Crippen LogP contribution >= 0.6 is 25.8 Å². The molecule has 6 nitrogen and oxygen atoms in total. The molecule has 0 atom stereocenters. The average Bonchev–Trinajstić information content (AvgIpc) is 1.12. The van der Waals surface area contributed by atoms with Crippen molar-refractivity contribution >= 4 is 37.6 Å². The Hall–Kier alpha value is 1.65. The summed E-state index contributed by atoms with van der Waals surface area (Å²) in [6.07, 6.45) is 0. The molecule has 0 aliphatic rings. The van der Waals surface area contributed by atoms with E-state index >= 15 is 0 Å². The Labute approximate surface area is 86.0 Å². The second-order valence-corrected chi connectivity index (χ2v) is 6.96. The molecular weight excluding hydrogens is 287 g/mol. The summed E-state index contributed by atoms with van der Waals surface area (Å²) in [4.78, 5) is 40.0. The fourth-order valence-electron chi connectivity index (χ4n) is 0. The minimum absolute atomic E-state index is 0. The first kappa shape index (κ1) is 18.4. The Morgan fingerprint density at radius 2 is 1.27 bits per heavy atom. The first-order valence-electron chi connectivity index (χ1n) is 1.53. The van der Waals surface area contributed by atoms with Crippen LogP contribution < -0.4 is 9.79 Å². The van der Waals surface area contributed by atoms with Crippen molar-refractivity contribution in [2.75, 3.05) is 0 Å². The molecule has 0 aromatic heterocycles. The molecular formula is H4O6P2S2Zn. The van der Waals surface area contributed by atoms with Crippen molar-refractivity contribution in [1.29, 1.82) is 0 Å². The van der Waals surface area contributed by atoms with Crippen LogP contribution in [0.1, 0.15) is 0 Å². The Morgan fingerprint density at radius 3 is 1.27 bits per heavy atom. The number of hydrogen-bond acceptors (Lipinski definition) is 4. The van der Waals surface area contributed by atoms with E-state index in [1.807, 2.05) is 0 Å². The first-order chi connectivity index (χ1) is 4.00. The van der Waals surface area contributed by atoms with Crippen molar-refractivity contribution < 1.29 is 48.5 Å². The van der Waals surface area contributed by atoms with Crippen LogP contribution in [-0.2, 0) is 35.8 Å². The molecule has 0 heterocycles. The van der Waals surface area contributed by atoms with Gasteiger partial charge in [-0.2, -0.15) is 0 Å². The van der Waals surface area contributed by atoms with Gasteiger partial charge in [-0.3, -0.25) is 0 Å². The summed E-state index contributed by atoms with van der Waals surface area (Å²) >= 11 is 7.07. The van der Waals surface area contributed by atoms with Gasteiger partial charge in [0.1, 0.15) is 0 Å². The maximum atomic E-state index is 8.66. The van der Waals surface area contributed by atoms with Crippen molar-refractivity contribution in [3.05, 3.63) is 0 Å². The average molecular weight is 291 g/mol. The SMILES string of the molecule is O=P([O-])([O-])O.OP(O)(=S)S.[Zn+2]. The molecule has 0 aromatic rings. The summed E-state index contributed by atoms with van der Waals surface area (Å²) in [5.74, 6) is 0.